The van der Waals surface area contributed by atoms with Crippen LogP contribution in [0.5, 0.6) is 0 Å². The molecule has 1 aliphatic rings. The van der Waals surface area contributed by atoms with Crippen molar-refractivity contribution in [2.45, 2.75) is 19.8 Å². The highest BCUT2D eigenvalue weighted by Gasteiger charge is 2.31. The van der Waals surface area contributed by atoms with E-state index < -0.39 is 15.9 Å². The summed E-state index contributed by atoms with van der Waals surface area (Å²) >= 11 is 1.48. The van der Waals surface area contributed by atoms with Gasteiger partial charge in [-0.2, -0.15) is 0 Å². The number of hydrogen-bond donors (Lipinski definition) is 0. The quantitative estimate of drug-likeness (QED) is 0.846. The van der Waals surface area contributed by atoms with Crippen molar-refractivity contribution in [2.24, 2.45) is 0 Å². The maximum absolute atomic E-state index is 12.3. The molecule has 1 amide bonds. The lowest BCUT2D eigenvalue weighted by atomic mass is 10.2. The van der Waals surface area contributed by atoms with Crippen LogP contribution in [0.3, 0.4) is 0 Å². The van der Waals surface area contributed by atoms with E-state index >= 15 is 0 Å². The number of hydrogen-bond acceptors (Lipinski definition) is 6. The minimum atomic E-state index is -3.49. The lowest BCUT2D eigenvalue weighted by Gasteiger charge is -2.25. The molecule has 0 aliphatic carbocycles. The summed E-state index contributed by atoms with van der Waals surface area (Å²) in [7, 11) is -3.49. The molecular formula is C13H14N2O4S2. The van der Waals surface area contributed by atoms with Crippen LogP contribution in [0, 0.1) is 6.92 Å². The molecule has 1 fully saturated rings. The first-order valence-corrected chi connectivity index (χ1v) is 9.02. The Kier molecular flexibility index (Phi) is 3.58. The van der Waals surface area contributed by atoms with Crippen molar-refractivity contribution in [1.82, 2.24) is 9.29 Å². The monoisotopic (exact) mass is 326 g/mol. The van der Waals surface area contributed by atoms with Crippen molar-refractivity contribution in [3.63, 3.8) is 0 Å². The van der Waals surface area contributed by atoms with Gasteiger partial charge in [0, 0.05) is 11.9 Å². The molecule has 0 atom stereocenters. The summed E-state index contributed by atoms with van der Waals surface area (Å²) in [5.74, 6) is -0.0388. The molecule has 8 heteroatoms. The van der Waals surface area contributed by atoms with Gasteiger partial charge in [0.15, 0.2) is 5.76 Å². The molecule has 6 nitrogen and oxygen atoms in total. The zero-order chi connectivity index (χ0) is 15.0. The molecule has 112 valence electrons. The van der Waals surface area contributed by atoms with Crippen molar-refractivity contribution in [1.29, 1.82) is 0 Å². The lowest BCUT2D eigenvalue weighted by Crippen LogP contribution is -2.42. The fraction of sp³-hybridized carbons (Fsp3) is 0.385. The van der Waals surface area contributed by atoms with E-state index in [4.69, 9.17) is 4.42 Å². The zero-order valence-corrected chi connectivity index (χ0v) is 13.0. The standard InChI is InChI=1S/C13H14N2O4S2/c1-9-14-11(8-20-9)12-6-10(7-19-12)13(16)15-4-2-3-5-21(15,17)18/h6-8H,2-5H2,1H3. The average Bonchev–Trinajstić information content (AvgIpc) is 3.06. The molecule has 2 aromatic rings. The van der Waals surface area contributed by atoms with E-state index in [1.807, 2.05) is 12.3 Å². The van der Waals surface area contributed by atoms with E-state index in [0.29, 0.717) is 24.3 Å². The Bertz CT molecular complexity index is 776. The molecule has 0 N–H and O–H groups in total. The average molecular weight is 326 g/mol. The molecule has 0 aromatic carbocycles. The highest BCUT2D eigenvalue weighted by Crippen LogP contribution is 2.25. The molecular weight excluding hydrogens is 312 g/mol. The van der Waals surface area contributed by atoms with Crippen LogP contribution in [0.15, 0.2) is 22.1 Å². The molecule has 0 unspecified atom stereocenters. The molecule has 3 heterocycles. The molecule has 0 saturated carbocycles. The summed E-state index contributed by atoms with van der Waals surface area (Å²) < 4.78 is 30.2. The number of thiazole rings is 1. The van der Waals surface area contributed by atoms with Gasteiger partial charge in [0.05, 0.1) is 16.3 Å². The van der Waals surface area contributed by atoms with Gasteiger partial charge in [0.25, 0.3) is 5.91 Å². The van der Waals surface area contributed by atoms with Crippen LogP contribution in [-0.2, 0) is 10.0 Å². The second-order valence-electron chi connectivity index (χ2n) is 4.85. The van der Waals surface area contributed by atoms with Crippen LogP contribution in [0.2, 0.25) is 0 Å². The third-order valence-electron chi connectivity index (χ3n) is 3.29. The lowest BCUT2D eigenvalue weighted by molar-refractivity contribution is 0.0855. The van der Waals surface area contributed by atoms with Crippen LogP contribution in [0.1, 0.15) is 28.2 Å². The van der Waals surface area contributed by atoms with Gasteiger partial charge in [-0.1, -0.05) is 0 Å². The highest BCUT2D eigenvalue weighted by molar-refractivity contribution is 7.89. The van der Waals surface area contributed by atoms with Gasteiger partial charge in [0.1, 0.15) is 12.0 Å². The number of nitrogens with zero attached hydrogens (tertiary/aromatic N) is 2. The number of carbonyl (C=O) groups excluding carboxylic acids is 1. The predicted octanol–water partition coefficient (Wildman–Crippen LogP) is 2.28. The van der Waals surface area contributed by atoms with Crippen LogP contribution in [0.25, 0.3) is 11.5 Å². The largest absolute Gasteiger partial charge is 0.462 e. The maximum atomic E-state index is 12.3. The topological polar surface area (TPSA) is 80.5 Å². The Morgan fingerprint density at radius 3 is 2.90 bits per heavy atom. The maximum Gasteiger partial charge on any atom is 0.270 e. The van der Waals surface area contributed by atoms with Gasteiger partial charge < -0.3 is 4.42 Å². The highest BCUT2D eigenvalue weighted by atomic mass is 32.2. The van der Waals surface area contributed by atoms with Crippen molar-refractivity contribution < 1.29 is 17.6 Å². The van der Waals surface area contributed by atoms with Gasteiger partial charge in [-0.05, 0) is 25.8 Å². The number of aryl methyl sites for hydroxylation is 1. The molecule has 1 saturated heterocycles. The smallest absolute Gasteiger partial charge is 0.270 e. The predicted molar refractivity (Wildman–Crippen MR) is 78.6 cm³/mol. The summed E-state index contributed by atoms with van der Waals surface area (Å²) in [6.45, 7) is 2.11. The molecule has 0 radical (unpaired) electrons. The first-order valence-electron chi connectivity index (χ1n) is 6.53. The summed E-state index contributed by atoms with van der Waals surface area (Å²) in [5, 5.41) is 2.73. The van der Waals surface area contributed by atoms with E-state index in [2.05, 4.69) is 4.98 Å². The van der Waals surface area contributed by atoms with Crippen molar-refractivity contribution in [2.75, 3.05) is 12.3 Å². The number of sulfonamides is 1. The SMILES string of the molecule is Cc1nc(-c2cc(C(=O)N3CCCCS3(=O)=O)co2)cs1. The number of carbonyl (C=O) groups is 1. The van der Waals surface area contributed by atoms with Crippen molar-refractivity contribution in [3.8, 4) is 11.5 Å². The Hall–Kier alpha value is -1.67. The van der Waals surface area contributed by atoms with E-state index in [9.17, 15) is 13.2 Å². The normalized spacial score (nSPS) is 17.9. The van der Waals surface area contributed by atoms with Crippen LogP contribution >= 0.6 is 11.3 Å². The molecule has 1 aliphatic heterocycles. The van der Waals surface area contributed by atoms with Crippen molar-refractivity contribution >= 4 is 27.3 Å². The summed E-state index contributed by atoms with van der Waals surface area (Å²) in [5.41, 5.74) is 0.888. The minimum absolute atomic E-state index is 0.0225. The number of furan rings is 1. The summed E-state index contributed by atoms with van der Waals surface area (Å²) in [4.78, 5) is 16.6. The number of rotatable bonds is 2. The van der Waals surface area contributed by atoms with Crippen molar-refractivity contribution in [3.05, 3.63) is 28.3 Å². The van der Waals surface area contributed by atoms with E-state index in [1.165, 1.54) is 17.6 Å². The Morgan fingerprint density at radius 1 is 1.43 bits per heavy atom. The van der Waals surface area contributed by atoms with Gasteiger partial charge in [0.2, 0.25) is 10.0 Å². The molecule has 3 rings (SSSR count). The second-order valence-corrected chi connectivity index (χ2v) is 7.93. The number of amides is 1. The summed E-state index contributed by atoms with van der Waals surface area (Å²) in [6, 6.07) is 1.54. The molecule has 2 aromatic heterocycles. The fourth-order valence-electron chi connectivity index (χ4n) is 2.22. The van der Waals surface area contributed by atoms with Crippen LogP contribution in [0.4, 0.5) is 0 Å². The second kappa shape index (κ2) is 5.27. The molecule has 0 spiro atoms. The third-order valence-corrected chi connectivity index (χ3v) is 5.89. The molecule has 0 bridgehead atoms. The Labute approximate surface area is 126 Å². The van der Waals surface area contributed by atoms with E-state index in [-0.39, 0.29) is 17.9 Å². The minimum Gasteiger partial charge on any atom is -0.462 e. The van der Waals surface area contributed by atoms with Crippen LogP contribution in [-0.4, -0.2) is 35.9 Å². The molecule has 21 heavy (non-hydrogen) atoms. The fourth-order valence-corrected chi connectivity index (χ4v) is 4.38. The van der Waals surface area contributed by atoms with Gasteiger partial charge in [-0.25, -0.2) is 17.7 Å². The first-order chi connectivity index (χ1) is 9.97. The van der Waals surface area contributed by atoms with E-state index in [0.717, 1.165) is 9.31 Å². The number of aromatic nitrogens is 1. The first kappa shape index (κ1) is 14.3. The van der Waals surface area contributed by atoms with E-state index in [1.54, 1.807) is 6.07 Å². The zero-order valence-electron chi connectivity index (χ0n) is 11.4. The third kappa shape index (κ3) is 2.73. The van der Waals surface area contributed by atoms with Crippen LogP contribution < -0.4 is 0 Å². The Morgan fingerprint density at radius 2 is 2.24 bits per heavy atom. The van der Waals surface area contributed by atoms with Gasteiger partial charge >= 0.3 is 0 Å². The van der Waals surface area contributed by atoms with Gasteiger partial charge in [-0.3, -0.25) is 4.79 Å². The summed E-state index contributed by atoms with van der Waals surface area (Å²) in [6.07, 6.45) is 2.58. The Balaban J connectivity index is 1.87. The van der Waals surface area contributed by atoms with Gasteiger partial charge in [-0.15, -0.1) is 11.3 Å².